The van der Waals surface area contributed by atoms with Crippen LogP contribution in [0.3, 0.4) is 0 Å². The lowest BCUT2D eigenvalue weighted by atomic mass is 10.1. The van der Waals surface area contributed by atoms with Gasteiger partial charge in [0.1, 0.15) is 5.75 Å². The monoisotopic (exact) mass is 414 g/mol. The summed E-state index contributed by atoms with van der Waals surface area (Å²) in [5, 5.41) is 0.716. The van der Waals surface area contributed by atoms with E-state index in [2.05, 4.69) is 12.1 Å². The number of aromatic nitrogens is 1. The highest BCUT2D eigenvalue weighted by atomic mass is 32.2. The first-order chi connectivity index (χ1) is 13.7. The first kappa shape index (κ1) is 19.2. The molecule has 1 atom stereocenters. The summed E-state index contributed by atoms with van der Waals surface area (Å²) in [6, 6.07) is 13.4. The molecule has 1 amide bonds. The van der Waals surface area contributed by atoms with E-state index in [9.17, 15) is 4.79 Å². The highest BCUT2D eigenvalue weighted by Crippen LogP contribution is 2.35. The molecular formula is C21H22N2O3S2. The fourth-order valence-electron chi connectivity index (χ4n) is 3.32. The molecule has 4 rings (SSSR count). The molecule has 3 aromatic rings. The van der Waals surface area contributed by atoms with Crippen LogP contribution >= 0.6 is 23.1 Å². The molecule has 0 radical (unpaired) electrons. The van der Waals surface area contributed by atoms with Crippen LogP contribution in [0.4, 0.5) is 5.13 Å². The number of carbonyl (C=O) groups excluding carboxylic acids is 1. The molecule has 1 aliphatic heterocycles. The van der Waals surface area contributed by atoms with Crippen molar-refractivity contribution in [2.45, 2.75) is 23.8 Å². The van der Waals surface area contributed by atoms with Gasteiger partial charge in [-0.05, 0) is 55.5 Å². The quantitative estimate of drug-likeness (QED) is 0.540. The predicted octanol–water partition coefficient (Wildman–Crippen LogP) is 4.85. The number of thiazole rings is 1. The van der Waals surface area contributed by atoms with Crippen LogP contribution in [-0.2, 0) is 4.74 Å². The summed E-state index contributed by atoms with van der Waals surface area (Å²) in [6.07, 6.45) is 4.09. The van der Waals surface area contributed by atoms with Gasteiger partial charge in [-0.3, -0.25) is 9.69 Å². The van der Waals surface area contributed by atoms with Gasteiger partial charge in [0.25, 0.3) is 5.91 Å². The maximum Gasteiger partial charge on any atom is 0.260 e. The van der Waals surface area contributed by atoms with Crippen LogP contribution in [0, 0.1) is 0 Å². The van der Waals surface area contributed by atoms with Crippen LogP contribution in [0.5, 0.6) is 5.75 Å². The summed E-state index contributed by atoms with van der Waals surface area (Å²) in [4.78, 5) is 21.1. The Bertz CT molecular complexity index is 965. The van der Waals surface area contributed by atoms with Crippen molar-refractivity contribution in [2.24, 2.45) is 0 Å². The van der Waals surface area contributed by atoms with Crippen molar-refractivity contribution in [3.63, 3.8) is 0 Å². The lowest BCUT2D eigenvalue weighted by Crippen LogP contribution is -2.37. The molecule has 1 fully saturated rings. The normalized spacial score (nSPS) is 16.4. The number of thioether (sulfide) groups is 1. The van der Waals surface area contributed by atoms with Gasteiger partial charge in [0.2, 0.25) is 0 Å². The second kappa shape index (κ2) is 8.51. The molecule has 0 bridgehead atoms. The molecule has 0 spiro atoms. The summed E-state index contributed by atoms with van der Waals surface area (Å²) in [5.74, 6) is 0.662. The Kier molecular flexibility index (Phi) is 5.85. The van der Waals surface area contributed by atoms with Gasteiger partial charge in [0.05, 0.1) is 30.0 Å². The Morgan fingerprint density at radius 3 is 2.82 bits per heavy atom. The van der Waals surface area contributed by atoms with Gasteiger partial charge >= 0.3 is 0 Å². The Morgan fingerprint density at radius 1 is 1.32 bits per heavy atom. The van der Waals surface area contributed by atoms with E-state index in [-0.39, 0.29) is 12.0 Å². The first-order valence-electron chi connectivity index (χ1n) is 9.20. The van der Waals surface area contributed by atoms with Crippen molar-refractivity contribution < 1.29 is 14.3 Å². The van der Waals surface area contributed by atoms with E-state index in [1.807, 2.05) is 24.5 Å². The number of fused-ring (bicyclic) bond motifs is 1. The number of methoxy groups -OCH3 is 1. The Morgan fingerprint density at radius 2 is 2.14 bits per heavy atom. The van der Waals surface area contributed by atoms with Gasteiger partial charge in [-0.2, -0.15) is 0 Å². The average Bonchev–Trinajstić information content (AvgIpc) is 3.40. The zero-order valence-electron chi connectivity index (χ0n) is 15.9. The van der Waals surface area contributed by atoms with Gasteiger partial charge in [0, 0.05) is 17.1 Å². The van der Waals surface area contributed by atoms with Gasteiger partial charge in [-0.25, -0.2) is 4.98 Å². The summed E-state index contributed by atoms with van der Waals surface area (Å²) >= 11 is 3.22. The van der Waals surface area contributed by atoms with E-state index < -0.39 is 0 Å². The third-order valence-corrected chi connectivity index (χ3v) is 6.63. The molecule has 1 aliphatic rings. The lowest BCUT2D eigenvalue weighted by molar-refractivity contribution is 0.0917. The topological polar surface area (TPSA) is 51.7 Å². The molecule has 7 heteroatoms. The number of para-hydroxylation sites is 1. The zero-order valence-corrected chi connectivity index (χ0v) is 17.5. The summed E-state index contributed by atoms with van der Waals surface area (Å²) in [6.45, 7) is 1.27. The Labute approximate surface area is 172 Å². The number of carbonyl (C=O) groups is 1. The molecule has 0 N–H and O–H groups in total. The fraction of sp³-hybridized carbons (Fsp3) is 0.333. The number of benzene rings is 2. The van der Waals surface area contributed by atoms with E-state index in [4.69, 9.17) is 14.5 Å². The fourth-order valence-corrected chi connectivity index (χ4v) is 4.95. The number of rotatable bonds is 6. The summed E-state index contributed by atoms with van der Waals surface area (Å²) in [7, 11) is 1.62. The Hall–Kier alpha value is -2.09. The van der Waals surface area contributed by atoms with Gasteiger partial charge < -0.3 is 9.47 Å². The minimum Gasteiger partial charge on any atom is -0.497 e. The number of anilines is 1. The molecule has 1 saturated heterocycles. The largest absolute Gasteiger partial charge is 0.497 e. The highest BCUT2D eigenvalue weighted by molar-refractivity contribution is 7.98. The smallest absolute Gasteiger partial charge is 0.260 e. The van der Waals surface area contributed by atoms with Crippen molar-refractivity contribution in [2.75, 3.05) is 31.4 Å². The standard InChI is InChI=1S/C21H22N2O3S2/c1-25-15-10-8-14(9-11-15)20(24)23(13-16-5-4-12-26-16)21-22-19-17(27-2)6-3-7-18(19)28-21/h3,6-11,16H,4-5,12-13H2,1-2H3. The number of hydrogen-bond acceptors (Lipinski definition) is 6. The van der Waals surface area contributed by atoms with Crippen molar-refractivity contribution in [1.82, 2.24) is 4.98 Å². The van der Waals surface area contributed by atoms with Crippen LogP contribution < -0.4 is 9.64 Å². The minimum absolute atomic E-state index is 0.0502. The summed E-state index contributed by atoms with van der Waals surface area (Å²) in [5.41, 5.74) is 1.57. The van der Waals surface area contributed by atoms with Crippen molar-refractivity contribution in [3.8, 4) is 5.75 Å². The van der Waals surface area contributed by atoms with Crippen LogP contribution in [0.25, 0.3) is 10.2 Å². The van der Waals surface area contributed by atoms with E-state index in [0.717, 1.165) is 40.3 Å². The minimum atomic E-state index is -0.0667. The average molecular weight is 415 g/mol. The molecule has 28 heavy (non-hydrogen) atoms. The molecule has 146 valence electrons. The third-order valence-electron chi connectivity index (χ3n) is 4.81. The molecule has 2 aromatic carbocycles. The van der Waals surface area contributed by atoms with Gasteiger partial charge in [-0.15, -0.1) is 11.8 Å². The van der Waals surface area contributed by atoms with Crippen molar-refractivity contribution >= 4 is 44.4 Å². The third kappa shape index (κ3) is 3.87. The molecule has 0 saturated carbocycles. The molecule has 0 aliphatic carbocycles. The van der Waals surface area contributed by atoms with Crippen LogP contribution in [0.15, 0.2) is 47.4 Å². The first-order valence-corrected chi connectivity index (χ1v) is 11.2. The second-order valence-corrected chi connectivity index (χ2v) is 8.44. The number of ether oxygens (including phenoxy) is 2. The number of nitrogens with zero attached hydrogens (tertiary/aromatic N) is 2. The highest BCUT2D eigenvalue weighted by Gasteiger charge is 2.27. The van der Waals surface area contributed by atoms with Crippen LogP contribution in [0.1, 0.15) is 23.2 Å². The van der Waals surface area contributed by atoms with E-state index in [0.29, 0.717) is 17.2 Å². The second-order valence-electron chi connectivity index (χ2n) is 6.58. The lowest BCUT2D eigenvalue weighted by Gasteiger charge is -2.23. The van der Waals surface area contributed by atoms with Gasteiger partial charge in [-0.1, -0.05) is 17.4 Å². The molecular weight excluding hydrogens is 392 g/mol. The zero-order chi connectivity index (χ0) is 19.5. The maximum absolute atomic E-state index is 13.4. The predicted molar refractivity (Wildman–Crippen MR) is 115 cm³/mol. The summed E-state index contributed by atoms with van der Waals surface area (Å²) < 4.78 is 12.1. The van der Waals surface area contributed by atoms with E-state index in [1.54, 1.807) is 47.2 Å². The number of amides is 1. The molecule has 1 aromatic heterocycles. The molecule has 5 nitrogen and oxygen atoms in total. The van der Waals surface area contributed by atoms with E-state index in [1.165, 1.54) is 0 Å². The molecule has 2 heterocycles. The van der Waals surface area contributed by atoms with E-state index >= 15 is 0 Å². The van der Waals surface area contributed by atoms with Crippen LogP contribution in [0.2, 0.25) is 0 Å². The van der Waals surface area contributed by atoms with Crippen molar-refractivity contribution in [1.29, 1.82) is 0 Å². The van der Waals surface area contributed by atoms with Crippen LogP contribution in [-0.4, -0.2) is 43.5 Å². The maximum atomic E-state index is 13.4. The Balaban J connectivity index is 1.71. The number of hydrogen-bond donors (Lipinski definition) is 0. The van der Waals surface area contributed by atoms with Gasteiger partial charge in [0.15, 0.2) is 5.13 Å². The SMILES string of the molecule is COc1ccc(C(=O)N(CC2CCCO2)c2nc3c(SC)cccc3s2)cc1. The van der Waals surface area contributed by atoms with Crippen molar-refractivity contribution in [3.05, 3.63) is 48.0 Å². The molecule has 1 unspecified atom stereocenters.